The summed E-state index contributed by atoms with van der Waals surface area (Å²) in [6.45, 7) is 2.47. The first kappa shape index (κ1) is 19.6. The first-order valence-corrected chi connectivity index (χ1v) is 8.05. The molecular formula is C18H14Cl2O6. The van der Waals surface area contributed by atoms with Crippen molar-refractivity contribution in [2.24, 2.45) is 0 Å². The summed E-state index contributed by atoms with van der Waals surface area (Å²) in [7, 11) is 0. The summed E-state index contributed by atoms with van der Waals surface area (Å²) in [5.74, 6) is -0.473. The van der Waals surface area contributed by atoms with Gasteiger partial charge in [-0.2, -0.15) is 0 Å². The summed E-state index contributed by atoms with van der Waals surface area (Å²) >= 11 is 12.0. The van der Waals surface area contributed by atoms with Crippen LogP contribution in [0.15, 0.2) is 48.9 Å². The van der Waals surface area contributed by atoms with Crippen molar-refractivity contribution in [3.8, 4) is 23.0 Å². The third kappa shape index (κ3) is 5.68. The number of carbonyl (C=O) groups is 2. The lowest BCUT2D eigenvalue weighted by Crippen LogP contribution is -2.05. The molecule has 0 amide bonds. The van der Waals surface area contributed by atoms with Crippen LogP contribution in [0.4, 0.5) is 0 Å². The number of hydrogen-bond acceptors (Lipinski definition) is 6. The predicted octanol–water partition coefficient (Wildman–Crippen LogP) is 5.12. The lowest BCUT2D eigenvalue weighted by Gasteiger charge is -2.15. The van der Waals surface area contributed by atoms with Crippen LogP contribution in [0.3, 0.4) is 0 Å². The molecule has 0 N–H and O–H groups in total. The highest BCUT2D eigenvalue weighted by Crippen LogP contribution is 2.45. The Labute approximate surface area is 159 Å². The van der Waals surface area contributed by atoms with Crippen molar-refractivity contribution in [3.05, 3.63) is 59.0 Å². The fourth-order valence-electron chi connectivity index (χ4n) is 1.79. The van der Waals surface area contributed by atoms with Gasteiger partial charge in [-0.1, -0.05) is 23.2 Å². The van der Waals surface area contributed by atoms with Gasteiger partial charge in [-0.3, -0.25) is 9.59 Å². The van der Waals surface area contributed by atoms with Crippen LogP contribution in [0.25, 0.3) is 0 Å². The quantitative estimate of drug-likeness (QED) is 0.383. The van der Waals surface area contributed by atoms with E-state index in [-0.39, 0.29) is 22.3 Å². The Kier molecular flexibility index (Phi) is 6.89. The molecule has 0 fully saturated rings. The predicted molar refractivity (Wildman–Crippen MR) is 95.8 cm³/mol. The van der Waals surface area contributed by atoms with Crippen molar-refractivity contribution >= 4 is 35.1 Å². The molecule has 0 aliphatic carbocycles. The fourth-order valence-corrected chi connectivity index (χ4v) is 2.11. The number of benzene rings is 2. The maximum atomic E-state index is 11.5. The van der Waals surface area contributed by atoms with Crippen molar-refractivity contribution < 1.29 is 28.5 Å². The number of halogens is 2. The molecule has 2 aromatic carbocycles. The van der Waals surface area contributed by atoms with E-state index in [1.807, 2.05) is 0 Å². The molecule has 0 atom stereocenters. The number of carbonyl (C=O) groups excluding carboxylic acids is 2. The number of ether oxygens (including phenoxy) is 4. The van der Waals surface area contributed by atoms with Crippen LogP contribution in [0.1, 0.15) is 13.8 Å². The molecule has 2 aromatic rings. The topological polar surface area (TPSA) is 71.1 Å². The molecule has 0 aliphatic heterocycles. The molecule has 0 spiro atoms. The SMILES string of the molecule is CC(=O)O/C=C/Oc1ccc(Cl)c(Oc2ccc(Cl)cc2)c1OC(C)=O. The minimum atomic E-state index is -0.595. The highest BCUT2D eigenvalue weighted by atomic mass is 35.5. The molecule has 0 saturated heterocycles. The van der Waals surface area contributed by atoms with Crippen molar-refractivity contribution in [1.29, 1.82) is 0 Å². The highest BCUT2D eigenvalue weighted by Gasteiger charge is 2.19. The molecule has 0 unspecified atom stereocenters. The standard InChI is InChI=1S/C18H14Cl2O6/c1-11(21)23-9-10-24-16-8-7-15(20)17(18(16)25-12(2)22)26-14-5-3-13(19)4-6-14/h3-10H,1-2H3/b10-9+. The van der Waals surface area contributed by atoms with E-state index in [0.717, 1.165) is 12.5 Å². The van der Waals surface area contributed by atoms with E-state index in [1.54, 1.807) is 24.3 Å². The Balaban J connectivity index is 2.36. The summed E-state index contributed by atoms with van der Waals surface area (Å²) in [6, 6.07) is 9.52. The molecule has 0 aliphatic rings. The summed E-state index contributed by atoms with van der Waals surface area (Å²) in [4.78, 5) is 22.2. The Hall–Kier alpha value is -2.70. The second-order valence-electron chi connectivity index (χ2n) is 4.85. The van der Waals surface area contributed by atoms with Gasteiger partial charge in [0.25, 0.3) is 0 Å². The van der Waals surface area contributed by atoms with Crippen molar-refractivity contribution in [2.45, 2.75) is 13.8 Å². The van der Waals surface area contributed by atoms with Crippen LogP contribution in [-0.2, 0) is 14.3 Å². The zero-order valence-electron chi connectivity index (χ0n) is 13.8. The Morgan fingerprint density at radius 1 is 0.885 bits per heavy atom. The van der Waals surface area contributed by atoms with Crippen LogP contribution >= 0.6 is 23.2 Å². The van der Waals surface area contributed by atoms with E-state index in [9.17, 15) is 9.59 Å². The molecule has 8 heteroatoms. The smallest absolute Gasteiger partial charge is 0.308 e. The molecule has 0 saturated carbocycles. The molecular weight excluding hydrogens is 383 g/mol. The molecule has 2 rings (SSSR count). The normalized spacial score (nSPS) is 10.5. The van der Waals surface area contributed by atoms with Gasteiger partial charge >= 0.3 is 11.9 Å². The van der Waals surface area contributed by atoms with Crippen LogP contribution in [-0.4, -0.2) is 11.9 Å². The number of hydrogen-bond donors (Lipinski definition) is 0. The minimum absolute atomic E-state index is 0.0209. The van der Waals surface area contributed by atoms with Gasteiger partial charge in [0.1, 0.15) is 18.3 Å². The monoisotopic (exact) mass is 396 g/mol. The third-order valence-corrected chi connectivity index (χ3v) is 3.34. The van der Waals surface area contributed by atoms with E-state index in [1.165, 1.54) is 26.0 Å². The van der Waals surface area contributed by atoms with E-state index in [2.05, 4.69) is 4.74 Å². The maximum Gasteiger partial charge on any atom is 0.308 e. The minimum Gasteiger partial charge on any atom is -0.458 e. The Morgan fingerprint density at radius 3 is 2.19 bits per heavy atom. The van der Waals surface area contributed by atoms with Gasteiger partial charge < -0.3 is 18.9 Å². The van der Waals surface area contributed by atoms with Gasteiger partial charge in [0.05, 0.1) is 5.02 Å². The van der Waals surface area contributed by atoms with Gasteiger partial charge in [-0.05, 0) is 36.4 Å². The zero-order valence-corrected chi connectivity index (χ0v) is 15.3. The fraction of sp³-hybridized carbons (Fsp3) is 0.111. The molecule has 6 nitrogen and oxygen atoms in total. The van der Waals surface area contributed by atoms with E-state index >= 15 is 0 Å². The van der Waals surface area contributed by atoms with Gasteiger partial charge in [0, 0.05) is 18.9 Å². The molecule has 0 heterocycles. The molecule has 26 heavy (non-hydrogen) atoms. The average molecular weight is 397 g/mol. The first-order chi connectivity index (χ1) is 12.4. The van der Waals surface area contributed by atoms with Gasteiger partial charge in [-0.25, -0.2) is 0 Å². The highest BCUT2D eigenvalue weighted by molar-refractivity contribution is 6.32. The van der Waals surface area contributed by atoms with E-state index < -0.39 is 11.9 Å². The van der Waals surface area contributed by atoms with Gasteiger partial charge in [-0.15, -0.1) is 0 Å². The maximum absolute atomic E-state index is 11.5. The Morgan fingerprint density at radius 2 is 1.58 bits per heavy atom. The summed E-state index contributed by atoms with van der Waals surface area (Å²) in [6.07, 6.45) is 2.16. The van der Waals surface area contributed by atoms with Crippen molar-refractivity contribution in [2.75, 3.05) is 0 Å². The van der Waals surface area contributed by atoms with Crippen molar-refractivity contribution in [3.63, 3.8) is 0 Å². The molecule has 0 radical (unpaired) electrons. The van der Waals surface area contributed by atoms with Gasteiger partial charge in [0.2, 0.25) is 5.75 Å². The average Bonchev–Trinajstić information content (AvgIpc) is 2.57. The summed E-state index contributed by atoms with van der Waals surface area (Å²) in [5.41, 5.74) is 0. The second kappa shape index (κ2) is 9.12. The van der Waals surface area contributed by atoms with Crippen molar-refractivity contribution in [1.82, 2.24) is 0 Å². The van der Waals surface area contributed by atoms with E-state index in [4.69, 9.17) is 37.4 Å². The van der Waals surface area contributed by atoms with Crippen LogP contribution < -0.4 is 14.2 Å². The van der Waals surface area contributed by atoms with Crippen LogP contribution in [0.2, 0.25) is 10.0 Å². The number of esters is 2. The largest absolute Gasteiger partial charge is 0.458 e. The molecule has 136 valence electrons. The van der Waals surface area contributed by atoms with Crippen LogP contribution in [0.5, 0.6) is 23.0 Å². The lowest BCUT2D eigenvalue weighted by atomic mass is 10.3. The number of rotatable bonds is 6. The zero-order chi connectivity index (χ0) is 19.1. The van der Waals surface area contributed by atoms with Gasteiger partial charge in [0.15, 0.2) is 11.5 Å². The third-order valence-electron chi connectivity index (χ3n) is 2.79. The molecule has 0 aromatic heterocycles. The summed E-state index contributed by atoms with van der Waals surface area (Å²) in [5, 5.41) is 0.740. The van der Waals surface area contributed by atoms with E-state index in [0.29, 0.717) is 10.8 Å². The first-order valence-electron chi connectivity index (χ1n) is 7.30. The van der Waals surface area contributed by atoms with Crippen LogP contribution in [0, 0.1) is 0 Å². The Bertz CT molecular complexity index is 830. The second-order valence-corrected chi connectivity index (χ2v) is 5.70. The summed E-state index contributed by atoms with van der Waals surface area (Å²) < 4.78 is 20.9. The molecule has 0 bridgehead atoms. The lowest BCUT2D eigenvalue weighted by molar-refractivity contribution is -0.135.